The van der Waals surface area contributed by atoms with Crippen LogP contribution in [0.4, 0.5) is 0 Å². The monoisotopic (exact) mass is 490 g/mol. The van der Waals surface area contributed by atoms with E-state index in [0.29, 0.717) is 30.4 Å². The highest BCUT2D eigenvalue weighted by molar-refractivity contribution is 6.02. The Morgan fingerprint density at radius 3 is 2.44 bits per heavy atom. The zero-order chi connectivity index (χ0) is 25.5. The molecule has 8 heteroatoms. The summed E-state index contributed by atoms with van der Waals surface area (Å²) in [7, 11) is 0. The zero-order valence-corrected chi connectivity index (χ0v) is 21.1. The highest BCUT2D eigenvalue weighted by Gasteiger charge is 2.24. The van der Waals surface area contributed by atoms with Gasteiger partial charge in [0.2, 0.25) is 0 Å². The van der Waals surface area contributed by atoms with Crippen LogP contribution in [0, 0.1) is 6.92 Å². The summed E-state index contributed by atoms with van der Waals surface area (Å²) < 4.78 is 6.72. The molecule has 2 aromatic carbocycles. The lowest BCUT2D eigenvalue weighted by Crippen LogP contribution is -2.49. The minimum Gasteiger partial charge on any atom is -0.451 e. The Balaban J connectivity index is 1.36. The predicted molar refractivity (Wildman–Crippen MR) is 139 cm³/mol. The molecule has 1 aliphatic rings. The average Bonchev–Trinajstić information content (AvgIpc) is 2.89. The third kappa shape index (κ3) is 6.18. The molecule has 8 nitrogen and oxygen atoms in total. The second-order valence-electron chi connectivity index (χ2n) is 9.35. The van der Waals surface area contributed by atoms with Crippen LogP contribution in [0.2, 0.25) is 0 Å². The molecule has 0 unspecified atom stereocenters. The third-order valence-electron chi connectivity index (χ3n) is 6.57. The number of unbranched alkanes of at least 4 members (excludes halogenated alkanes) is 2. The lowest BCUT2D eigenvalue weighted by molar-refractivity contribution is -0.136. The molecule has 1 fully saturated rings. The lowest BCUT2D eigenvalue weighted by atomic mass is 10.1. The Bertz CT molecular complexity index is 1280. The molecule has 0 radical (unpaired) electrons. The maximum Gasteiger partial charge on any atom is 0.359 e. The standard InChI is InChI=1S/C28H34N4O4/c1-3-4-7-13-32-27(34)24-12-6-5-11-23(24)26(29-32)28(35)36-20-25(33)31-16-14-30(15-17-31)19-22-10-8-9-21(2)18-22/h5-6,8-12,18H,3-4,7,13-17,19-20H2,1-2H3. The van der Waals surface area contributed by atoms with Crippen LogP contribution in [-0.4, -0.2) is 64.2 Å². The molecule has 36 heavy (non-hydrogen) atoms. The van der Waals surface area contributed by atoms with E-state index in [1.807, 2.05) is 0 Å². The summed E-state index contributed by atoms with van der Waals surface area (Å²) in [5.41, 5.74) is 2.34. The fourth-order valence-electron chi connectivity index (χ4n) is 4.56. The van der Waals surface area contributed by atoms with Crippen molar-refractivity contribution in [1.82, 2.24) is 19.6 Å². The van der Waals surface area contributed by atoms with Crippen molar-refractivity contribution in [2.45, 2.75) is 46.2 Å². The van der Waals surface area contributed by atoms with Gasteiger partial charge in [0.1, 0.15) is 0 Å². The summed E-state index contributed by atoms with van der Waals surface area (Å²) in [6.45, 7) is 7.82. The zero-order valence-electron chi connectivity index (χ0n) is 21.1. The van der Waals surface area contributed by atoms with Crippen molar-refractivity contribution in [3.05, 3.63) is 75.7 Å². The van der Waals surface area contributed by atoms with Gasteiger partial charge in [-0.15, -0.1) is 0 Å². The van der Waals surface area contributed by atoms with E-state index in [1.165, 1.54) is 15.8 Å². The van der Waals surface area contributed by atoms with Gasteiger partial charge in [0.05, 0.1) is 5.39 Å². The van der Waals surface area contributed by atoms with Gasteiger partial charge in [0, 0.05) is 44.7 Å². The van der Waals surface area contributed by atoms with Crippen molar-refractivity contribution in [2.24, 2.45) is 0 Å². The number of ether oxygens (including phenoxy) is 1. The molecule has 0 saturated carbocycles. The summed E-state index contributed by atoms with van der Waals surface area (Å²) in [5, 5.41) is 5.18. The normalized spacial score (nSPS) is 14.2. The number of amides is 1. The van der Waals surface area contributed by atoms with Gasteiger partial charge in [0.15, 0.2) is 12.3 Å². The molecule has 1 aromatic heterocycles. The molecule has 0 N–H and O–H groups in total. The minimum absolute atomic E-state index is 0.0671. The van der Waals surface area contributed by atoms with E-state index in [1.54, 1.807) is 29.2 Å². The van der Waals surface area contributed by atoms with Crippen LogP contribution < -0.4 is 5.56 Å². The van der Waals surface area contributed by atoms with Crippen LogP contribution in [0.1, 0.15) is 47.8 Å². The number of rotatable bonds is 9. The van der Waals surface area contributed by atoms with Crippen LogP contribution in [0.25, 0.3) is 10.8 Å². The average molecular weight is 491 g/mol. The third-order valence-corrected chi connectivity index (χ3v) is 6.57. The van der Waals surface area contributed by atoms with Crippen LogP contribution in [0.5, 0.6) is 0 Å². The van der Waals surface area contributed by atoms with Gasteiger partial charge in [-0.2, -0.15) is 5.10 Å². The molecule has 0 spiro atoms. The number of carbonyl (C=O) groups excluding carboxylic acids is 2. The fourth-order valence-corrected chi connectivity index (χ4v) is 4.56. The van der Waals surface area contributed by atoms with Crippen molar-refractivity contribution in [1.29, 1.82) is 0 Å². The van der Waals surface area contributed by atoms with Gasteiger partial charge in [-0.1, -0.05) is 67.8 Å². The van der Waals surface area contributed by atoms with E-state index in [2.05, 4.69) is 48.1 Å². The summed E-state index contributed by atoms with van der Waals surface area (Å²) in [5.74, 6) is -0.916. The number of nitrogens with zero attached hydrogens (tertiary/aromatic N) is 4. The van der Waals surface area contributed by atoms with Crippen molar-refractivity contribution in [2.75, 3.05) is 32.8 Å². The molecular weight excluding hydrogens is 456 g/mol. The molecule has 0 aliphatic carbocycles. The molecule has 1 saturated heterocycles. The van der Waals surface area contributed by atoms with Gasteiger partial charge >= 0.3 is 5.97 Å². The molecule has 1 aliphatic heterocycles. The van der Waals surface area contributed by atoms with E-state index in [-0.39, 0.29) is 23.8 Å². The van der Waals surface area contributed by atoms with Gasteiger partial charge in [-0.25, -0.2) is 9.48 Å². The fraction of sp³-hybridized carbons (Fsp3) is 0.429. The van der Waals surface area contributed by atoms with Crippen LogP contribution in [0.3, 0.4) is 0 Å². The Morgan fingerprint density at radius 1 is 0.972 bits per heavy atom. The first-order valence-corrected chi connectivity index (χ1v) is 12.7. The first kappa shape index (κ1) is 25.6. The van der Waals surface area contributed by atoms with Gasteiger partial charge in [-0.05, 0) is 25.0 Å². The van der Waals surface area contributed by atoms with Crippen LogP contribution >= 0.6 is 0 Å². The Hall–Kier alpha value is -3.52. The van der Waals surface area contributed by atoms with Crippen molar-refractivity contribution in [3.8, 4) is 0 Å². The largest absolute Gasteiger partial charge is 0.451 e. The highest BCUT2D eigenvalue weighted by Crippen LogP contribution is 2.15. The number of fused-ring (bicyclic) bond motifs is 1. The molecule has 0 atom stereocenters. The summed E-state index contributed by atoms with van der Waals surface area (Å²) in [4.78, 5) is 42.6. The number of aryl methyl sites for hydroxylation is 2. The molecular formula is C28H34N4O4. The molecule has 1 amide bonds. The molecule has 2 heterocycles. The number of aromatic nitrogens is 2. The lowest BCUT2D eigenvalue weighted by Gasteiger charge is -2.34. The number of carbonyl (C=O) groups is 2. The second-order valence-corrected chi connectivity index (χ2v) is 9.35. The van der Waals surface area contributed by atoms with Crippen molar-refractivity contribution >= 4 is 22.6 Å². The topological polar surface area (TPSA) is 84.7 Å². The second kappa shape index (κ2) is 11.9. The number of piperazine rings is 1. The quantitative estimate of drug-likeness (QED) is 0.338. The first-order chi connectivity index (χ1) is 17.5. The van der Waals surface area contributed by atoms with E-state index in [4.69, 9.17) is 4.74 Å². The molecule has 3 aromatic rings. The molecule has 190 valence electrons. The van der Waals surface area contributed by atoms with E-state index in [0.717, 1.165) is 38.9 Å². The van der Waals surface area contributed by atoms with Gasteiger partial charge in [-0.3, -0.25) is 14.5 Å². The number of benzene rings is 2. The van der Waals surface area contributed by atoms with Crippen molar-refractivity contribution in [3.63, 3.8) is 0 Å². The maximum atomic E-state index is 12.9. The minimum atomic E-state index is -0.693. The highest BCUT2D eigenvalue weighted by atomic mass is 16.5. The van der Waals surface area contributed by atoms with Crippen molar-refractivity contribution < 1.29 is 14.3 Å². The van der Waals surface area contributed by atoms with Gasteiger partial charge in [0.25, 0.3) is 11.5 Å². The predicted octanol–water partition coefficient (Wildman–Crippen LogP) is 3.40. The Kier molecular flexibility index (Phi) is 8.48. The molecule has 4 rings (SSSR count). The summed E-state index contributed by atoms with van der Waals surface area (Å²) >= 11 is 0. The Labute approximate surface area is 211 Å². The molecule has 0 bridgehead atoms. The van der Waals surface area contributed by atoms with E-state index in [9.17, 15) is 14.4 Å². The van der Waals surface area contributed by atoms with E-state index < -0.39 is 5.97 Å². The van der Waals surface area contributed by atoms with Crippen LogP contribution in [0.15, 0.2) is 53.3 Å². The number of hydrogen-bond donors (Lipinski definition) is 0. The number of esters is 1. The maximum absolute atomic E-state index is 12.9. The SMILES string of the molecule is CCCCCn1nc(C(=O)OCC(=O)N2CCN(Cc3cccc(C)c3)CC2)c2ccccc2c1=O. The first-order valence-electron chi connectivity index (χ1n) is 12.7. The Morgan fingerprint density at radius 2 is 1.72 bits per heavy atom. The smallest absolute Gasteiger partial charge is 0.359 e. The van der Waals surface area contributed by atoms with Gasteiger partial charge < -0.3 is 9.64 Å². The summed E-state index contributed by atoms with van der Waals surface area (Å²) in [6.07, 6.45) is 2.78. The van der Waals surface area contributed by atoms with Crippen LogP contribution in [-0.2, 0) is 22.6 Å². The summed E-state index contributed by atoms with van der Waals surface area (Å²) in [6, 6.07) is 15.3. The van der Waals surface area contributed by atoms with E-state index >= 15 is 0 Å². The number of hydrogen-bond acceptors (Lipinski definition) is 6.